The second-order valence-electron chi connectivity index (χ2n) is 22.2. The van der Waals surface area contributed by atoms with Gasteiger partial charge in [0.1, 0.15) is 55.4 Å². The van der Waals surface area contributed by atoms with Crippen LogP contribution in [0.3, 0.4) is 0 Å². The Morgan fingerprint density at radius 2 is 0.723 bits per heavy atom. The molecule has 0 aliphatic carbocycles. The number of benzene rings is 6. The van der Waals surface area contributed by atoms with Crippen LogP contribution in [0.1, 0.15) is 121 Å². The van der Waals surface area contributed by atoms with Crippen LogP contribution in [0, 0.1) is 41.5 Å². The molecule has 0 spiro atoms. The Hall–Kier alpha value is -7.52. The van der Waals surface area contributed by atoms with Gasteiger partial charge in [0.2, 0.25) is 0 Å². The monoisotopic (exact) mass is 1340 g/mol. The van der Waals surface area contributed by atoms with E-state index in [9.17, 15) is 28.8 Å². The lowest BCUT2D eigenvalue weighted by molar-refractivity contribution is -0.128. The third-order valence-electron chi connectivity index (χ3n) is 14.6. The number of hydrogen-bond acceptors (Lipinski definition) is 21. The Morgan fingerprint density at radius 3 is 1.03 bits per heavy atom. The first-order valence-corrected chi connectivity index (χ1v) is 30.8. The van der Waals surface area contributed by atoms with E-state index in [0.29, 0.717) is 52.6 Å². The third kappa shape index (κ3) is 26.0. The molecule has 4 saturated heterocycles. The summed E-state index contributed by atoms with van der Waals surface area (Å²) in [6.07, 6.45) is -5.12. The molecule has 12 atom stereocenters. The molecule has 4 heterocycles. The number of rotatable bonds is 16. The molecule has 0 bridgehead atoms. The predicted octanol–water partition coefficient (Wildman–Crippen LogP) is 9.10. The molecule has 0 aromatic heterocycles. The summed E-state index contributed by atoms with van der Waals surface area (Å²) in [4.78, 5) is 70.0. The molecule has 0 amide bonds. The molecule has 24 heteroatoms. The zero-order valence-corrected chi connectivity index (χ0v) is 54.9. The van der Waals surface area contributed by atoms with Crippen molar-refractivity contribution < 1.29 is 107 Å². The van der Waals surface area contributed by atoms with Crippen LogP contribution >= 0.6 is 23.2 Å². The first-order valence-electron chi connectivity index (χ1n) is 30.0. The molecular weight excluding hydrogens is 1260 g/mol. The van der Waals surface area contributed by atoms with Crippen LogP contribution in [0.15, 0.2) is 146 Å². The van der Waals surface area contributed by atoms with Gasteiger partial charge >= 0.3 is 29.8 Å². The maximum Gasteiger partial charge on any atom is 0.338 e. The minimum absolute atomic E-state index is 0.0294. The van der Waals surface area contributed by atoms with E-state index in [1.54, 1.807) is 84.9 Å². The molecule has 4 fully saturated rings. The summed E-state index contributed by atoms with van der Waals surface area (Å²) in [6, 6.07) is 42.3. The Labute approximate surface area is 556 Å². The number of alkyl halides is 1. The summed E-state index contributed by atoms with van der Waals surface area (Å²) >= 11 is 11.3. The minimum Gasteiger partial charge on any atom is -0.478 e. The van der Waals surface area contributed by atoms with E-state index in [2.05, 4.69) is 4.74 Å². The molecule has 6 N–H and O–H groups in total. The number of aliphatic hydroxyl groups is 5. The van der Waals surface area contributed by atoms with Gasteiger partial charge < -0.3 is 78.0 Å². The van der Waals surface area contributed by atoms with E-state index in [0.717, 1.165) is 33.4 Å². The highest BCUT2D eigenvalue weighted by molar-refractivity contribution is 6.67. The molecular formula is C70H82Cl2O22. The number of halogens is 2. The number of carboxylic acids is 1. The number of ether oxygens (including phenoxy) is 10. The van der Waals surface area contributed by atoms with Crippen molar-refractivity contribution in [3.05, 3.63) is 212 Å². The summed E-state index contributed by atoms with van der Waals surface area (Å²) in [7, 11) is 3.03. The van der Waals surface area contributed by atoms with Crippen LogP contribution in [0.4, 0.5) is 0 Å². The fourth-order valence-corrected chi connectivity index (χ4v) is 9.38. The largest absolute Gasteiger partial charge is 0.478 e. The van der Waals surface area contributed by atoms with Crippen molar-refractivity contribution in [2.45, 2.75) is 140 Å². The molecule has 4 aliphatic heterocycles. The summed E-state index contributed by atoms with van der Waals surface area (Å²) in [5.74, 6) is -2.68. The molecule has 10 rings (SSSR count). The van der Waals surface area contributed by atoms with E-state index >= 15 is 0 Å². The SMILES string of the molecule is COC1C[C@@H](O)[C@@H](CO)O1.COC1C[C@@H](OC(=O)c2ccc(C)cc2)[C@@H](COC(=O)c2ccc(C)cc2)O1.Cc1ccc(C(=O)Cl)cc1.Cc1ccc(C(=O)O)cc1.Cc1ccc(C(=O)OC[C@H]2OC(Cl)C[C@H]2OC(=O)c2ccc(C)cc2)cc1.OC[C@H]1OC(O)C[C@H]1O. The predicted molar refractivity (Wildman–Crippen MR) is 345 cm³/mol. The number of esters is 4. The highest BCUT2D eigenvalue weighted by Crippen LogP contribution is 2.29. The summed E-state index contributed by atoms with van der Waals surface area (Å²) < 4.78 is 52.8. The molecule has 508 valence electrons. The number of aliphatic hydroxyl groups excluding tert-OH is 5. The van der Waals surface area contributed by atoms with Crippen molar-refractivity contribution in [1.29, 1.82) is 0 Å². The summed E-state index contributed by atoms with van der Waals surface area (Å²) in [6.45, 7) is 11.2. The highest BCUT2D eigenvalue weighted by Gasteiger charge is 2.40. The number of carboxylic acid groups (broad SMARTS) is 1. The average molecular weight is 1350 g/mol. The zero-order valence-electron chi connectivity index (χ0n) is 53.4. The lowest BCUT2D eigenvalue weighted by Gasteiger charge is -2.19. The first kappa shape index (κ1) is 77.2. The topological polar surface area (TPSA) is 316 Å². The fourth-order valence-electron chi connectivity index (χ4n) is 8.95. The second kappa shape index (κ2) is 39.4. The molecule has 6 aromatic carbocycles. The van der Waals surface area contributed by atoms with Gasteiger partial charge in [0, 0.05) is 45.5 Å². The quantitative estimate of drug-likeness (QED) is 0.0228. The van der Waals surface area contributed by atoms with E-state index in [-0.39, 0.29) is 39.1 Å². The lowest BCUT2D eigenvalue weighted by Crippen LogP contribution is -2.32. The molecule has 94 heavy (non-hydrogen) atoms. The van der Waals surface area contributed by atoms with Crippen molar-refractivity contribution in [1.82, 2.24) is 0 Å². The van der Waals surface area contributed by atoms with Gasteiger partial charge in [-0.3, -0.25) is 4.79 Å². The van der Waals surface area contributed by atoms with Crippen molar-refractivity contribution in [2.24, 2.45) is 0 Å². The number of aromatic carboxylic acids is 1. The minimum atomic E-state index is -0.905. The molecule has 6 aromatic rings. The molecule has 22 nitrogen and oxygen atoms in total. The molecule has 4 unspecified atom stereocenters. The van der Waals surface area contributed by atoms with Crippen LogP contribution < -0.4 is 0 Å². The van der Waals surface area contributed by atoms with E-state index in [1.165, 1.54) is 14.2 Å². The highest BCUT2D eigenvalue weighted by atomic mass is 35.5. The van der Waals surface area contributed by atoms with Gasteiger partial charge in [-0.15, -0.1) is 0 Å². The smallest absolute Gasteiger partial charge is 0.338 e. The number of methoxy groups -OCH3 is 2. The Kier molecular flexibility index (Phi) is 32.3. The molecule has 4 aliphatic rings. The molecule has 0 radical (unpaired) electrons. The van der Waals surface area contributed by atoms with E-state index in [1.807, 2.05) is 102 Å². The zero-order chi connectivity index (χ0) is 69.0. The van der Waals surface area contributed by atoms with E-state index < -0.39 is 102 Å². The standard InChI is InChI=1S/C22H24O6.C21H21ClO5.C8H7ClO.C8H8O2.C6H12O4.C5H10O4/c1-14-4-8-16(9-5-14)21(23)26-13-19-18(12-20(25-3)27-19)28-22(24)17-10-6-15(2)7-11-17;1-13-3-7-15(8-4-13)20(23)25-12-18-17(11-19(22)26-18)27-21(24)16-9-5-14(2)6-10-16;2*1-6-2-4-7(5-3-6)8(9)10;1-9-6-2-4(8)5(3-7)10-6;6-2-4-3(7)1-5(8)9-4/h4-11,18-20H,12-13H2,1-3H3;3-10,17-19H,11-12H2,1-2H3;2-5H,1H3;2-5H,1H3,(H,9,10);4-8H,2-3H2,1H3;3-8H,1-2H2/t18-,19-,20?;17-,18-,19?;;;4-,5-,6?;3-,4-,5?/m11..11/s1. The Morgan fingerprint density at radius 1 is 0.415 bits per heavy atom. The summed E-state index contributed by atoms with van der Waals surface area (Å²) in [5, 5.41) is 51.9. The van der Waals surface area contributed by atoms with Gasteiger partial charge in [-0.25, -0.2) is 24.0 Å². The molecule has 0 saturated carbocycles. The van der Waals surface area contributed by atoms with Crippen LogP contribution in [-0.4, -0.2) is 180 Å². The second-order valence-corrected chi connectivity index (χ2v) is 23.0. The Bertz CT molecular complexity index is 3240. The lowest BCUT2D eigenvalue weighted by atomic mass is 10.1. The van der Waals surface area contributed by atoms with Crippen LogP contribution in [0.25, 0.3) is 0 Å². The first-order chi connectivity index (χ1) is 44.8. The maximum atomic E-state index is 12.4. The van der Waals surface area contributed by atoms with Gasteiger partial charge in [0.25, 0.3) is 5.24 Å². The van der Waals surface area contributed by atoms with Gasteiger partial charge in [-0.05, 0) is 126 Å². The number of carbonyl (C=O) groups excluding carboxylic acids is 5. The normalized spacial score (nSPS) is 23.1. The van der Waals surface area contributed by atoms with Crippen molar-refractivity contribution in [3.63, 3.8) is 0 Å². The average Bonchev–Trinajstić information content (AvgIpc) is 1.71. The summed E-state index contributed by atoms with van der Waals surface area (Å²) in [5.41, 5.74) is 8.54. The number of aryl methyl sites for hydroxylation is 6. The maximum absolute atomic E-state index is 12.4. The van der Waals surface area contributed by atoms with Crippen LogP contribution in [-0.2, 0) is 47.4 Å². The van der Waals surface area contributed by atoms with Crippen LogP contribution in [0.5, 0.6) is 0 Å². The third-order valence-corrected chi connectivity index (χ3v) is 15.1. The van der Waals surface area contributed by atoms with Gasteiger partial charge in [0.05, 0.1) is 53.2 Å². The van der Waals surface area contributed by atoms with Gasteiger partial charge in [-0.1, -0.05) is 118 Å². The fraction of sp³-hybridized carbons (Fsp3) is 0.400. The van der Waals surface area contributed by atoms with Crippen LogP contribution in [0.2, 0.25) is 0 Å². The Balaban J connectivity index is 0.000000221. The van der Waals surface area contributed by atoms with Crippen molar-refractivity contribution >= 4 is 58.3 Å². The number of hydrogen-bond donors (Lipinski definition) is 6. The van der Waals surface area contributed by atoms with Crippen molar-refractivity contribution in [3.8, 4) is 0 Å². The number of carbonyl (C=O) groups is 6. The van der Waals surface area contributed by atoms with Gasteiger partial charge in [-0.2, -0.15) is 0 Å². The van der Waals surface area contributed by atoms with Crippen molar-refractivity contribution in [2.75, 3.05) is 40.6 Å². The van der Waals surface area contributed by atoms with E-state index in [4.69, 9.17) is 96.5 Å². The van der Waals surface area contributed by atoms with Gasteiger partial charge in [0.15, 0.2) is 18.9 Å².